The Morgan fingerprint density at radius 2 is 2.05 bits per heavy atom. The van der Waals surface area contributed by atoms with Gasteiger partial charge in [-0.25, -0.2) is 4.98 Å². The standard InChI is InChI=1S/C16H29N3OS/c1-5-17-11-14-15(12(3)4)18-16(21-14)19-9-7-13(8-10-19)20-6-2/h12-13,17H,5-11H2,1-4H3. The van der Waals surface area contributed by atoms with Crippen LogP contribution in [0.5, 0.6) is 0 Å². The molecular weight excluding hydrogens is 282 g/mol. The van der Waals surface area contributed by atoms with E-state index in [4.69, 9.17) is 9.72 Å². The summed E-state index contributed by atoms with van der Waals surface area (Å²) in [5.74, 6) is 0.490. The fourth-order valence-corrected chi connectivity index (χ4v) is 3.99. The van der Waals surface area contributed by atoms with E-state index in [2.05, 4.69) is 37.9 Å². The number of rotatable bonds is 7. The Labute approximate surface area is 132 Å². The molecule has 1 aromatic rings. The van der Waals surface area contributed by atoms with Crippen LogP contribution in [0.4, 0.5) is 5.13 Å². The maximum Gasteiger partial charge on any atom is 0.185 e. The van der Waals surface area contributed by atoms with E-state index in [0.29, 0.717) is 12.0 Å². The van der Waals surface area contributed by atoms with Crippen molar-refractivity contribution >= 4 is 16.5 Å². The van der Waals surface area contributed by atoms with Crippen molar-refractivity contribution in [1.82, 2.24) is 10.3 Å². The van der Waals surface area contributed by atoms with Crippen LogP contribution in [0.2, 0.25) is 0 Å². The quantitative estimate of drug-likeness (QED) is 0.837. The Morgan fingerprint density at radius 3 is 2.62 bits per heavy atom. The summed E-state index contributed by atoms with van der Waals surface area (Å²) in [4.78, 5) is 8.75. The highest BCUT2D eigenvalue weighted by molar-refractivity contribution is 7.15. The van der Waals surface area contributed by atoms with Crippen LogP contribution < -0.4 is 10.2 Å². The predicted octanol–water partition coefficient (Wildman–Crippen LogP) is 3.38. The van der Waals surface area contributed by atoms with Crippen LogP contribution in [0.25, 0.3) is 0 Å². The second kappa shape index (κ2) is 8.11. The first-order chi connectivity index (χ1) is 10.2. The fraction of sp³-hybridized carbons (Fsp3) is 0.812. The molecule has 1 fully saturated rings. The normalized spacial score (nSPS) is 16.9. The summed E-state index contributed by atoms with van der Waals surface area (Å²) < 4.78 is 5.73. The minimum absolute atomic E-state index is 0.442. The van der Waals surface area contributed by atoms with Crippen molar-refractivity contribution in [2.24, 2.45) is 0 Å². The number of nitrogens with one attached hydrogen (secondary N) is 1. The third kappa shape index (κ3) is 4.41. The summed E-state index contributed by atoms with van der Waals surface area (Å²) in [5, 5.41) is 4.63. The van der Waals surface area contributed by atoms with Crippen molar-refractivity contribution in [3.63, 3.8) is 0 Å². The van der Waals surface area contributed by atoms with Gasteiger partial charge in [0, 0.05) is 31.1 Å². The van der Waals surface area contributed by atoms with Gasteiger partial charge in [-0.15, -0.1) is 11.3 Å². The van der Waals surface area contributed by atoms with E-state index in [1.54, 1.807) is 0 Å². The Hall–Kier alpha value is -0.650. The van der Waals surface area contributed by atoms with Gasteiger partial charge in [0.25, 0.3) is 0 Å². The lowest BCUT2D eigenvalue weighted by atomic mass is 10.1. The molecular formula is C16H29N3OS. The van der Waals surface area contributed by atoms with Gasteiger partial charge in [0.15, 0.2) is 5.13 Å². The molecule has 0 unspecified atom stereocenters. The summed E-state index contributed by atoms with van der Waals surface area (Å²) in [6.07, 6.45) is 2.68. The van der Waals surface area contributed by atoms with Gasteiger partial charge in [-0.3, -0.25) is 0 Å². The average molecular weight is 311 g/mol. The predicted molar refractivity (Wildman–Crippen MR) is 90.4 cm³/mol. The molecule has 1 aliphatic rings. The smallest absolute Gasteiger partial charge is 0.185 e. The molecule has 2 heterocycles. The van der Waals surface area contributed by atoms with E-state index in [-0.39, 0.29) is 0 Å². The zero-order valence-corrected chi connectivity index (χ0v) is 14.6. The van der Waals surface area contributed by atoms with Crippen LogP contribution in [0, 0.1) is 0 Å². The molecule has 1 saturated heterocycles. The molecule has 1 aromatic heterocycles. The topological polar surface area (TPSA) is 37.4 Å². The Kier molecular flexibility index (Phi) is 6.45. The molecule has 4 nitrogen and oxygen atoms in total. The second-order valence-corrected chi connectivity index (χ2v) is 6.94. The molecule has 21 heavy (non-hydrogen) atoms. The largest absolute Gasteiger partial charge is 0.378 e. The number of piperidine rings is 1. The van der Waals surface area contributed by atoms with Gasteiger partial charge in [0.2, 0.25) is 0 Å². The highest BCUT2D eigenvalue weighted by Gasteiger charge is 2.23. The molecule has 0 radical (unpaired) electrons. The molecule has 120 valence electrons. The number of ether oxygens (including phenoxy) is 1. The van der Waals surface area contributed by atoms with Crippen molar-refractivity contribution in [2.75, 3.05) is 31.1 Å². The number of hydrogen-bond acceptors (Lipinski definition) is 5. The second-order valence-electron chi connectivity index (χ2n) is 5.88. The van der Waals surface area contributed by atoms with Crippen LogP contribution >= 0.6 is 11.3 Å². The van der Waals surface area contributed by atoms with Gasteiger partial charge < -0.3 is 15.0 Å². The summed E-state index contributed by atoms with van der Waals surface area (Å²) in [7, 11) is 0. The highest BCUT2D eigenvalue weighted by Crippen LogP contribution is 2.32. The minimum atomic E-state index is 0.442. The zero-order chi connectivity index (χ0) is 15.2. The van der Waals surface area contributed by atoms with Crippen LogP contribution in [0.1, 0.15) is 57.0 Å². The average Bonchev–Trinajstić information content (AvgIpc) is 2.90. The van der Waals surface area contributed by atoms with E-state index in [1.807, 2.05) is 11.3 Å². The van der Waals surface area contributed by atoms with Crippen molar-refractivity contribution in [2.45, 2.75) is 59.1 Å². The number of aromatic nitrogens is 1. The van der Waals surface area contributed by atoms with Gasteiger partial charge in [-0.2, -0.15) is 0 Å². The monoisotopic (exact) mass is 311 g/mol. The van der Waals surface area contributed by atoms with Crippen LogP contribution in [-0.4, -0.2) is 37.3 Å². The summed E-state index contributed by atoms with van der Waals surface area (Å²) in [5.41, 5.74) is 1.27. The molecule has 0 bridgehead atoms. The maximum atomic E-state index is 5.73. The molecule has 0 spiro atoms. The minimum Gasteiger partial charge on any atom is -0.378 e. The lowest BCUT2D eigenvalue weighted by Gasteiger charge is -2.31. The van der Waals surface area contributed by atoms with Crippen molar-refractivity contribution in [3.05, 3.63) is 10.6 Å². The first-order valence-corrected chi connectivity index (χ1v) is 9.04. The van der Waals surface area contributed by atoms with Gasteiger partial charge in [0.05, 0.1) is 11.8 Å². The summed E-state index contributed by atoms with van der Waals surface area (Å²) in [6, 6.07) is 0. The molecule has 2 rings (SSSR count). The number of thiazole rings is 1. The molecule has 0 aromatic carbocycles. The Balaban J connectivity index is 2.03. The van der Waals surface area contributed by atoms with Gasteiger partial charge in [0.1, 0.15) is 0 Å². The third-order valence-corrected chi connectivity index (χ3v) is 5.05. The molecule has 0 saturated carbocycles. The first-order valence-electron chi connectivity index (χ1n) is 8.22. The summed E-state index contributed by atoms with van der Waals surface area (Å²) in [6.45, 7) is 13.6. The van der Waals surface area contributed by atoms with Gasteiger partial charge in [-0.1, -0.05) is 20.8 Å². The van der Waals surface area contributed by atoms with E-state index >= 15 is 0 Å². The van der Waals surface area contributed by atoms with Crippen LogP contribution in [-0.2, 0) is 11.3 Å². The fourth-order valence-electron chi connectivity index (χ4n) is 2.75. The van der Waals surface area contributed by atoms with Gasteiger partial charge in [-0.05, 0) is 32.2 Å². The van der Waals surface area contributed by atoms with Gasteiger partial charge >= 0.3 is 0 Å². The highest BCUT2D eigenvalue weighted by atomic mass is 32.1. The van der Waals surface area contributed by atoms with Crippen LogP contribution in [0.3, 0.4) is 0 Å². The molecule has 1 N–H and O–H groups in total. The van der Waals surface area contributed by atoms with Crippen molar-refractivity contribution in [3.8, 4) is 0 Å². The Morgan fingerprint density at radius 1 is 1.33 bits per heavy atom. The first kappa shape index (κ1) is 16.7. The molecule has 0 aliphatic carbocycles. The number of hydrogen-bond donors (Lipinski definition) is 1. The maximum absolute atomic E-state index is 5.73. The number of anilines is 1. The molecule has 0 amide bonds. The third-order valence-electron chi connectivity index (χ3n) is 3.91. The lowest BCUT2D eigenvalue weighted by molar-refractivity contribution is 0.0459. The number of nitrogens with zero attached hydrogens (tertiary/aromatic N) is 2. The van der Waals surface area contributed by atoms with E-state index in [1.165, 1.54) is 15.7 Å². The van der Waals surface area contributed by atoms with Crippen LogP contribution in [0.15, 0.2) is 0 Å². The Bertz CT molecular complexity index is 425. The molecule has 5 heteroatoms. The van der Waals surface area contributed by atoms with E-state index < -0.39 is 0 Å². The van der Waals surface area contributed by atoms with Crippen molar-refractivity contribution < 1.29 is 4.74 Å². The zero-order valence-electron chi connectivity index (χ0n) is 13.8. The lowest BCUT2D eigenvalue weighted by Crippen LogP contribution is -2.37. The van der Waals surface area contributed by atoms with E-state index in [9.17, 15) is 0 Å². The summed E-state index contributed by atoms with van der Waals surface area (Å²) >= 11 is 1.86. The van der Waals surface area contributed by atoms with Crippen molar-refractivity contribution in [1.29, 1.82) is 0 Å². The van der Waals surface area contributed by atoms with E-state index in [0.717, 1.165) is 45.6 Å². The SMILES string of the molecule is CCNCc1sc(N2CCC(OCC)CC2)nc1C(C)C. The molecule has 0 atom stereocenters. The molecule has 1 aliphatic heterocycles.